The second-order valence-corrected chi connectivity index (χ2v) is 9.40. The van der Waals surface area contributed by atoms with Gasteiger partial charge in [0.2, 0.25) is 5.91 Å². The summed E-state index contributed by atoms with van der Waals surface area (Å²) in [6, 6.07) is 11.2. The summed E-state index contributed by atoms with van der Waals surface area (Å²) in [5.41, 5.74) is 1.50. The maximum atomic E-state index is 13.7. The number of rotatable bonds is 8. The van der Waals surface area contributed by atoms with Crippen LogP contribution in [0.5, 0.6) is 0 Å². The number of alkyl carbamates (subject to hydrolysis) is 1. The summed E-state index contributed by atoms with van der Waals surface area (Å²) in [7, 11) is 0. The van der Waals surface area contributed by atoms with E-state index in [1.54, 1.807) is 57.2 Å². The summed E-state index contributed by atoms with van der Waals surface area (Å²) in [5, 5.41) is 5.72. The molecule has 186 valence electrons. The molecule has 35 heavy (non-hydrogen) atoms. The van der Waals surface area contributed by atoms with Crippen LogP contribution in [0.2, 0.25) is 5.02 Å². The van der Waals surface area contributed by atoms with E-state index in [0.717, 1.165) is 5.56 Å². The zero-order valence-corrected chi connectivity index (χ0v) is 21.5. The predicted molar refractivity (Wildman–Crippen MR) is 138 cm³/mol. The summed E-state index contributed by atoms with van der Waals surface area (Å²) in [6.45, 7) is 8.81. The van der Waals surface area contributed by atoms with E-state index in [1.807, 2.05) is 19.9 Å². The molecular formula is C27H32ClN3O4. The molecule has 0 spiro atoms. The van der Waals surface area contributed by atoms with Gasteiger partial charge in [0.25, 0.3) is 5.91 Å². The molecule has 0 saturated carbocycles. The Kier molecular flexibility index (Phi) is 9.73. The van der Waals surface area contributed by atoms with Crippen molar-refractivity contribution in [3.63, 3.8) is 0 Å². The van der Waals surface area contributed by atoms with Gasteiger partial charge in [-0.1, -0.05) is 54.8 Å². The lowest BCUT2D eigenvalue weighted by atomic mass is 9.97. The van der Waals surface area contributed by atoms with Crippen molar-refractivity contribution in [2.45, 2.75) is 52.7 Å². The first-order valence-electron chi connectivity index (χ1n) is 11.4. The molecule has 0 fully saturated rings. The first kappa shape index (κ1) is 27.7. The second kappa shape index (κ2) is 12.3. The van der Waals surface area contributed by atoms with Crippen molar-refractivity contribution in [3.8, 4) is 12.3 Å². The summed E-state index contributed by atoms with van der Waals surface area (Å²) in [4.78, 5) is 40.5. The van der Waals surface area contributed by atoms with Crippen molar-refractivity contribution in [2.75, 3.05) is 18.4 Å². The van der Waals surface area contributed by atoms with Crippen molar-refractivity contribution >= 4 is 35.2 Å². The van der Waals surface area contributed by atoms with E-state index >= 15 is 0 Å². The number of para-hydroxylation sites is 1. The van der Waals surface area contributed by atoms with Gasteiger partial charge in [-0.3, -0.25) is 9.59 Å². The lowest BCUT2D eigenvalue weighted by Crippen LogP contribution is -2.47. The summed E-state index contributed by atoms with van der Waals surface area (Å²) < 4.78 is 5.22. The van der Waals surface area contributed by atoms with Gasteiger partial charge in [-0.15, -0.1) is 6.42 Å². The number of amides is 3. The highest BCUT2D eigenvalue weighted by atomic mass is 35.5. The molecule has 1 unspecified atom stereocenters. The van der Waals surface area contributed by atoms with E-state index in [1.165, 1.54) is 4.90 Å². The molecule has 0 heterocycles. The van der Waals surface area contributed by atoms with Gasteiger partial charge in [-0.2, -0.15) is 0 Å². The van der Waals surface area contributed by atoms with Gasteiger partial charge in [0.15, 0.2) is 0 Å². The molecule has 0 aromatic heterocycles. The van der Waals surface area contributed by atoms with Crippen LogP contribution in [0, 0.1) is 19.3 Å². The first-order chi connectivity index (χ1) is 16.5. The number of halogens is 1. The monoisotopic (exact) mass is 497 g/mol. The van der Waals surface area contributed by atoms with Crippen LogP contribution >= 0.6 is 11.6 Å². The maximum Gasteiger partial charge on any atom is 0.408 e. The van der Waals surface area contributed by atoms with E-state index in [2.05, 4.69) is 16.6 Å². The SMILES string of the molecule is C#Cc1ccccc1C(C(=O)Nc1c(C)cccc1Cl)N(CCC)C(=O)CNC(=O)OC(C)(C)C. The fourth-order valence-corrected chi connectivity index (χ4v) is 3.77. The molecule has 7 nitrogen and oxygen atoms in total. The fraction of sp³-hybridized carbons (Fsp3) is 0.370. The Bertz CT molecular complexity index is 1100. The molecule has 0 aliphatic rings. The Morgan fingerprint density at radius 1 is 1.14 bits per heavy atom. The third-order valence-corrected chi connectivity index (χ3v) is 5.32. The van der Waals surface area contributed by atoms with E-state index < -0.39 is 29.6 Å². The molecule has 2 N–H and O–H groups in total. The Hall–Kier alpha value is -3.50. The summed E-state index contributed by atoms with van der Waals surface area (Å²) in [6.07, 6.45) is 5.57. The van der Waals surface area contributed by atoms with E-state index in [9.17, 15) is 14.4 Å². The van der Waals surface area contributed by atoms with Crippen LogP contribution in [0.25, 0.3) is 0 Å². The van der Waals surface area contributed by atoms with E-state index in [4.69, 9.17) is 22.8 Å². The number of nitrogens with zero attached hydrogens (tertiary/aromatic N) is 1. The second-order valence-electron chi connectivity index (χ2n) is 9.00. The highest BCUT2D eigenvalue weighted by Crippen LogP contribution is 2.30. The predicted octanol–water partition coefficient (Wildman–Crippen LogP) is 5.07. The van der Waals surface area contributed by atoms with Gasteiger partial charge in [0.1, 0.15) is 18.2 Å². The molecule has 1 atom stereocenters. The van der Waals surface area contributed by atoms with Gasteiger partial charge >= 0.3 is 6.09 Å². The number of hydrogen-bond acceptors (Lipinski definition) is 4. The molecular weight excluding hydrogens is 466 g/mol. The molecule has 0 aliphatic carbocycles. The van der Waals surface area contributed by atoms with Gasteiger partial charge < -0.3 is 20.3 Å². The van der Waals surface area contributed by atoms with Crippen LogP contribution in [-0.2, 0) is 14.3 Å². The van der Waals surface area contributed by atoms with E-state index in [0.29, 0.717) is 28.3 Å². The quantitative estimate of drug-likeness (QED) is 0.498. The number of anilines is 1. The van der Waals surface area contributed by atoms with Crippen molar-refractivity contribution in [3.05, 3.63) is 64.2 Å². The molecule has 2 aromatic carbocycles. The van der Waals surface area contributed by atoms with Crippen LogP contribution in [0.4, 0.5) is 10.5 Å². The number of hydrogen-bond donors (Lipinski definition) is 2. The van der Waals surface area contributed by atoms with Gasteiger partial charge in [0.05, 0.1) is 10.7 Å². The van der Waals surface area contributed by atoms with Crippen molar-refractivity contribution in [1.29, 1.82) is 0 Å². The fourth-order valence-electron chi connectivity index (χ4n) is 3.50. The largest absolute Gasteiger partial charge is 0.444 e. The van der Waals surface area contributed by atoms with Crippen LogP contribution in [0.3, 0.4) is 0 Å². The Labute approximate surface area is 212 Å². The van der Waals surface area contributed by atoms with Crippen molar-refractivity contribution < 1.29 is 19.1 Å². The minimum atomic E-state index is -1.05. The Morgan fingerprint density at radius 3 is 2.43 bits per heavy atom. The summed E-state index contributed by atoms with van der Waals surface area (Å²) in [5.74, 6) is 1.67. The highest BCUT2D eigenvalue weighted by Gasteiger charge is 2.33. The van der Waals surface area contributed by atoms with Gasteiger partial charge in [0, 0.05) is 12.1 Å². The minimum Gasteiger partial charge on any atom is -0.444 e. The smallest absolute Gasteiger partial charge is 0.408 e. The minimum absolute atomic E-state index is 0.257. The molecule has 0 radical (unpaired) electrons. The van der Waals surface area contributed by atoms with Gasteiger partial charge in [-0.05, 0) is 57.4 Å². The van der Waals surface area contributed by atoms with Crippen molar-refractivity contribution in [1.82, 2.24) is 10.2 Å². The number of aryl methyl sites for hydroxylation is 1. The molecule has 0 bridgehead atoms. The lowest BCUT2D eigenvalue weighted by Gasteiger charge is -2.32. The normalized spacial score (nSPS) is 11.7. The number of carbonyl (C=O) groups is 3. The lowest BCUT2D eigenvalue weighted by molar-refractivity contribution is -0.138. The molecule has 3 amide bonds. The van der Waals surface area contributed by atoms with Crippen LogP contribution in [-0.4, -0.2) is 41.5 Å². The average Bonchev–Trinajstić information content (AvgIpc) is 2.79. The average molecular weight is 498 g/mol. The van der Waals surface area contributed by atoms with Crippen LogP contribution < -0.4 is 10.6 Å². The zero-order chi connectivity index (χ0) is 26.2. The summed E-state index contributed by atoms with van der Waals surface area (Å²) >= 11 is 6.33. The number of ether oxygens (including phenoxy) is 1. The number of carbonyl (C=O) groups excluding carboxylic acids is 3. The third kappa shape index (κ3) is 7.76. The molecule has 8 heteroatoms. The molecule has 2 rings (SSSR count). The van der Waals surface area contributed by atoms with E-state index in [-0.39, 0.29) is 13.1 Å². The Balaban J connectivity index is 2.44. The maximum absolute atomic E-state index is 13.7. The standard InChI is InChI=1S/C27H32ClN3O4/c1-7-16-31(22(32)17-29-26(34)35-27(4,5)6)24(20-14-10-9-13-19(20)8-2)25(33)30-23-18(3)12-11-15-21(23)28/h2,9-15,24H,7,16-17H2,1,3-6H3,(H,29,34)(H,30,33). The topological polar surface area (TPSA) is 87.7 Å². The number of nitrogens with one attached hydrogen (secondary N) is 2. The third-order valence-electron chi connectivity index (χ3n) is 5.01. The van der Waals surface area contributed by atoms with Crippen LogP contribution in [0.1, 0.15) is 56.8 Å². The highest BCUT2D eigenvalue weighted by molar-refractivity contribution is 6.34. The number of benzene rings is 2. The first-order valence-corrected chi connectivity index (χ1v) is 11.7. The zero-order valence-electron chi connectivity index (χ0n) is 20.8. The Morgan fingerprint density at radius 2 is 1.83 bits per heavy atom. The van der Waals surface area contributed by atoms with Crippen molar-refractivity contribution in [2.24, 2.45) is 0 Å². The van der Waals surface area contributed by atoms with Gasteiger partial charge in [-0.25, -0.2) is 4.79 Å². The molecule has 0 saturated heterocycles. The van der Waals surface area contributed by atoms with Crippen LogP contribution in [0.15, 0.2) is 42.5 Å². The molecule has 0 aliphatic heterocycles. The number of terminal acetylenes is 1. The molecule has 2 aromatic rings.